The van der Waals surface area contributed by atoms with E-state index >= 15 is 0 Å². The third kappa shape index (κ3) is 2.49. The van der Waals surface area contributed by atoms with Crippen LogP contribution in [0.3, 0.4) is 0 Å². The van der Waals surface area contributed by atoms with Crippen LogP contribution in [-0.2, 0) is 4.79 Å². The zero-order valence-corrected chi connectivity index (χ0v) is 9.19. The quantitative estimate of drug-likeness (QED) is 0.802. The van der Waals surface area contributed by atoms with Crippen LogP contribution in [0.1, 0.15) is 30.9 Å². The van der Waals surface area contributed by atoms with E-state index in [1.54, 1.807) is 26.0 Å². The number of carboxylic acids is 1. The monoisotopic (exact) mass is 208 g/mol. The van der Waals surface area contributed by atoms with Gasteiger partial charge in [0, 0.05) is 0 Å². The van der Waals surface area contributed by atoms with E-state index in [2.05, 4.69) is 0 Å². The predicted octanol–water partition coefficient (Wildman–Crippen LogP) is 2.52. The summed E-state index contributed by atoms with van der Waals surface area (Å²) >= 11 is 0. The maximum Gasteiger partial charge on any atom is 0.306 e. The Balaban J connectivity index is 2.96. The number of benzene rings is 1. The summed E-state index contributed by atoms with van der Waals surface area (Å²) in [6.45, 7) is 5.37. The molecule has 0 radical (unpaired) electrons. The van der Waals surface area contributed by atoms with Gasteiger partial charge < -0.3 is 10.2 Å². The SMILES string of the molecule is Cc1cc(C(C)C(C)C(=O)O)ccc1O. The van der Waals surface area contributed by atoms with E-state index in [9.17, 15) is 9.90 Å². The first-order valence-electron chi connectivity index (χ1n) is 4.95. The molecule has 0 saturated carbocycles. The van der Waals surface area contributed by atoms with Gasteiger partial charge >= 0.3 is 5.97 Å². The molecular weight excluding hydrogens is 192 g/mol. The zero-order chi connectivity index (χ0) is 11.6. The molecule has 2 N–H and O–H groups in total. The maximum atomic E-state index is 10.8. The van der Waals surface area contributed by atoms with Crippen molar-refractivity contribution in [2.24, 2.45) is 5.92 Å². The van der Waals surface area contributed by atoms with Crippen molar-refractivity contribution in [1.82, 2.24) is 0 Å². The molecule has 2 atom stereocenters. The molecule has 3 nitrogen and oxygen atoms in total. The minimum atomic E-state index is -0.798. The average molecular weight is 208 g/mol. The van der Waals surface area contributed by atoms with E-state index in [1.807, 2.05) is 13.0 Å². The van der Waals surface area contributed by atoms with Gasteiger partial charge in [0.25, 0.3) is 0 Å². The van der Waals surface area contributed by atoms with E-state index in [0.29, 0.717) is 0 Å². The number of aliphatic carboxylic acids is 1. The van der Waals surface area contributed by atoms with Crippen LogP contribution in [0.5, 0.6) is 5.75 Å². The van der Waals surface area contributed by atoms with Crippen LogP contribution >= 0.6 is 0 Å². The van der Waals surface area contributed by atoms with E-state index in [1.165, 1.54) is 0 Å². The van der Waals surface area contributed by atoms with Crippen molar-refractivity contribution < 1.29 is 15.0 Å². The van der Waals surface area contributed by atoms with Gasteiger partial charge in [-0.2, -0.15) is 0 Å². The first-order chi connectivity index (χ1) is 6.93. The fourth-order valence-electron chi connectivity index (χ4n) is 1.46. The molecule has 0 aliphatic heterocycles. The predicted molar refractivity (Wildman–Crippen MR) is 58.1 cm³/mol. The van der Waals surface area contributed by atoms with Crippen molar-refractivity contribution in [1.29, 1.82) is 0 Å². The van der Waals surface area contributed by atoms with E-state index in [4.69, 9.17) is 5.11 Å². The summed E-state index contributed by atoms with van der Waals surface area (Å²) in [7, 11) is 0. The largest absolute Gasteiger partial charge is 0.508 e. The number of phenols is 1. The van der Waals surface area contributed by atoms with Gasteiger partial charge in [0.1, 0.15) is 5.75 Å². The molecular formula is C12H16O3. The number of hydrogen-bond donors (Lipinski definition) is 2. The molecule has 0 heterocycles. The minimum absolute atomic E-state index is 0.0539. The highest BCUT2D eigenvalue weighted by Gasteiger charge is 2.21. The normalized spacial score (nSPS) is 14.6. The fraction of sp³-hybridized carbons (Fsp3) is 0.417. The van der Waals surface area contributed by atoms with E-state index < -0.39 is 11.9 Å². The van der Waals surface area contributed by atoms with E-state index in [0.717, 1.165) is 11.1 Å². The molecule has 15 heavy (non-hydrogen) atoms. The van der Waals surface area contributed by atoms with Crippen LogP contribution in [0, 0.1) is 12.8 Å². The molecule has 1 aromatic rings. The molecule has 0 fully saturated rings. The molecule has 0 aliphatic rings. The molecule has 0 amide bonds. The van der Waals surface area contributed by atoms with Crippen LogP contribution in [0.4, 0.5) is 0 Å². The van der Waals surface area contributed by atoms with Crippen LogP contribution in [-0.4, -0.2) is 16.2 Å². The molecule has 0 saturated heterocycles. The second kappa shape index (κ2) is 4.34. The topological polar surface area (TPSA) is 57.5 Å². The number of carbonyl (C=O) groups is 1. The maximum absolute atomic E-state index is 10.8. The fourth-order valence-corrected chi connectivity index (χ4v) is 1.46. The lowest BCUT2D eigenvalue weighted by molar-refractivity contribution is -0.141. The van der Waals surface area contributed by atoms with Gasteiger partial charge in [-0.15, -0.1) is 0 Å². The van der Waals surface area contributed by atoms with Gasteiger partial charge in [-0.1, -0.05) is 26.0 Å². The second-order valence-corrected chi connectivity index (χ2v) is 3.96. The van der Waals surface area contributed by atoms with Gasteiger partial charge in [-0.05, 0) is 30.0 Å². The van der Waals surface area contributed by atoms with Gasteiger partial charge in [-0.3, -0.25) is 4.79 Å². The molecule has 82 valence electrons. The Bertz CT molecular complexity index is 371. The lowest BCUT2D eigenvalue weighted by atomic mass is 9.88. The molecule has 3 heteroatoms. The van der Waals surface area contributed by atoms with Crippen molar-refractivity contribution in [2.75, 3.05) is 0 Å². The summed E-state index contributed by atoms with van der Waals surface area (Å²) < 4.78 is 0. The first kappa shape index (κ1) is 11.6. The minimum Gasteiger partial charge on any atom is -0.508 e. The summed E-state index contributed by atoms with van der Waals surface area (Å²) in [5, 5.41) is 18.2. The lowest BCUT2D eigenvalue weighted by Crippen LogP contribution is -2.16. The second-order valence-electron chi connectivity index (χ2n) is 3.96. The summed E-state index contributed by atoms with van der Waals surface area (Å²) in [5.41, 5.74) is 1.72. The van der Waals surface area contributed by atoms with Gasteiger partial charge in [0.05, 0.1) is 5.92 Å². The first-order valence-corrected chi connectivity index (χ1v) is 4.95. The third-order valence-corrected chi connectivity index (χ3v) is 2.89. The lowest BCUT2D eigenvalue weighted by Gasteiger charge is -2.17. The Kier molecular flexibility index (Phi) is 3.35. The highest BCUT2D eigenvalue weighted by molar-refractivity contribution is 5.70. The number of aryl methyl sites for hydroxylation is 1. The van der Waals surface area contributed by atoms with Crippen molar-refractivity contribution in [2.45, 2.75) is 26.7 Å². The number of aromatic hydroxyl groups is 1. The summed E-state index contributed by atoms with van der Waals surface area (Å²) in [6, 6.07) is 5.21. The standard InChI is InChI=1S/C12H16O3/c1-7-6-10(4-5-11(7)13)8(2)9(3)12(14)15/h4-6,8-9,13H,1-3H3,(H,14,15). The van der Waals surface area contributed by atoms with Crippen molar-refractivity contribution in [3.8, 4) is 5.75 Å². The van der Waals surface area contributed by atoms with Crippen LogP contribution in [0.25, 0.3) is 0 Å². The highest BCUT2D eigenvalue weighted by atomic mass is 16.4. The Hall–Kier alpha value is -1.51. The smallest absolute Gasteiger partial charge is 0.306 e. The zero-order valence-electron chi connectivity index (χ0n) is 9.19. The number of hydrogen-bond acceptors (Lipinski definition) is 2. The van der Waals surface area contributed by atoms with Crippen molar-refractivity contribution in [3.05, 3.63) is 29.3 Å². The molecule has 0 spiro atoms. The number of carboxylic acid groups (broad SMARTS) is 1. The molecule has 0 aliphatic carbocycles. The number of phenolic OH excluding ortho intramolecular Hbond substituents is 1. The third-order valence-electron chi connectivity index (χ3n) is 2.89. The average Bonchev–Trinajstić information content (AvgIpc) is 2.19. The van der Waals surface area contributed by atoms with Crippen LogP contribution in [0.2, 0.25) is 0 Å². The summed E-state index contributed by atoms with van der Waals surface area (Å²) in [4.78, 5) is 10.8. The van der Waals surface area contributed by atoms with Gasteiger partial charge in [0.2, 0.25) is 0 Å². The Labute approximate surface area is 89.4 Å². The Morgan fingerprint density at radius 1 is 1.33 bits per heavy atom. The van der Waals surface area contributed by atoms with Crippen molar-refractivity contribution in [3.63, 3.8) is 0 Å². The summed E-state index contributed by atoms with van der Waals surface area (Å²) in [5.74, 6) is -1.03. The molecule has 1 aromatic carbocycles. The van der Waals surface area contributed by atoms with Crippen LogP contribution in [0.15, 0.2) is 18.2 Å². The number of rotatable bonds is 3. The van der Waals surface area contributed by atoms with Crippen molar-refractivity contribution >= 4 is 5.97 Å². The molecule has 1 rings (SSSR count). The summed E-state index contributed by atoms with van der Waals surface area (Å²) in [6.07, 6.45) is 0. The van der Waals surface area contributed by atoms with Crippen LogP contribution < -0.4 is 0 Å². The highest BCUT2D eigenvalue weighted by Crippen LogP contribution is 2.27. The van der Waals surface area contributed by atoms with Gasteiger partial charge in [-0.25, -0.2) is 0 Å². The Morgan fingerprint density at radius 2 is 1.93 bits per heavy atom. The molecule has 2 unspecified atom stereocenters. The molecule has 0 bridgehead atoms. The van der Waals surface area contributed by atoms with Gasteiger partial charge in [0.15, 0.2) is 0 Å². The molecule has 0 aromatic heterocycles. The van der Waals surface area contributed by atoms with E-state index in [-0.39, 0.29) is 11.7 Å². The Morgan fingerprint density at radius 3 is 2.40 bits per heavy atom.